The first-order valence-corrected chi connectivity index (χ1v) is 5.06. The number of aromatic nitrogens is 2. The van der Waals surface area contributed by atoms with Gasteiger partial charge in [-0.25, -0.2) is 4.98 Å². The van der Waals surface area contributed by atoms with Crippen LogP contribution in [0.25, 0.3) is 5.52 Å². The van der Waals surface area contributed by atoms with Gasteiger partial charge in [-0.1, -0.05) is 17.7 Å². The molecule has 15 heavy (non-hydrogen) atoms. The summed E-state index contributed by atoms with van der Waals surface area (Å²) in [6.07, 6.45) is 0. The van der Waals surface area contributed by atoms with Gasteiger partial charge >= 0.3 is 0 Å². The zero-order valence-electron chi connectivity index (χ0n) is 8.74. The molecule has 0 unspecified atom stereocenters. The third-order valence-corrected chi connectivity index (χ3v) is 2.58. The first-order valence-electron chi connectivity index (χ1n) is 4.68. The molecule has 2 heterocycles. The molecule has 2 aromatic rings. The van der Waals surface area contributed by atoms with E-state index >= 15 is 0 Å². The van der Waals surface area contributed by atoms with Crippen molar-refractivity contribution < 1.29 is 0 Å². The largest absolute Gasteiger partial charge is 0.364 e. The fourth-order valence-corrected chi connectivity index (χ4v) is 1.88. The third kappa shape index (κ3) is 1.56. The van der Waals surface area contributed by atoms with E-state index in [1.165, 1.54) is 0 Å². The number of hydrogen-bond donors (Lipinski definition) is 1. The summed E-state index contributed by atoms with van der Waals surface area (Å²) in [5.74, 6) is 1.80. The molecule has 0 bridgehead atoms. The first kappa shape index (κ1) is 10.3. The van der Waals surface area contributed by atoms with Gasteiger partial charge in [0, 0.05) is 14.1 Å². The third-order valence-electron chi connectivity index (χ3n) is 2.31. The van der Waals surface area contributed by atoms with Crippen LogP contribution in [0.5, 0.6) is 0 Å². The van der Waals surface area contributed by atoms with Crippen molar-refractivity contribution in [2.45, 2.75) is 6.54 Å². The molecule has 0 saturated heterocycles. The van der Waals surface area contributed by atoms with Crippen molar-refractivity contribution in [1.82, 2.24) is 9.38 Å². The molecule has 0 saturated carbocycles. The van der Waals surface area contributed by atoms with Crippen molar-refractivity contribution >= 4 is 22.9 Å². The summed E-state index contributed by atoms with van der Waals surface area (Å²) < 4.78 is 1.97. The number of rotatable bonds is 2. The van der Waals surface area contributed by atoms with E-state index in [0.717, 1.165) is 17.2 Å². The second-order valence-electron chi connectivity index (χ2n) is 3.52. The summed E-state index contributed by atoms with van der Waals surface area (Å²) >= 11 is 6.03. The molecular weight excluding hydrogens is 212 g/mol. The van der Waals surface area contributed by atoms with E-state index in [0.29, 0.717) is 11.7 Å². The van der Waals surface area contributed by atoms with Crippen LogP contribution in [0.4, 0.5) is 5.82 Å². The molecule has 0 atom stereocenters. The molecule has 0 spiro atoms. The smallest absolute Gasteiger partial charge is 0.155 e. The minimum atomic E-state index is 0.374. The lowest BCUT2D eigenvalue weighted by Gasteiger charge is -2.15. The molecule has 4 nitrogen and oxygen atoms in total. The molecule has 0 aliphatic heterocycles. The molecular formula is C10H13ClN4. The summed E-state index contributed by atoms with van der Waals surface area (Å²) in [7, 11) is 3.95. The number of nitrogens with two attached hydrogens (primary N) is 1. The van der Waals surface area contributed by atoms with Crippen LogP contribution < -0.4 is 10.6 Å². The molecule has 0 aliphatic carbocycles. The standard InChI is InChI=1S/C10H13ClN4/c1-14(2)9-5-3-4-7-10(11)13-8(6-12)15(7)9/h3-5H,6,12H2,1-2H3. The summed E-state index contributed by atoms with van der Waals surface area (Å²) in [4.78, 5) is 6.23. The molecule has 2 N–H and O–H groups in total. The van der Waals surface area contributed by atoms with E-state index in [4.69, 9.17) is 17.3 Å². The molecule has 5 heteroatoms. The number of pyridine rings is 1. The summed E-state index contributed by atoms with van der Waals surface area (Å²) in [5.41, 5.74) is 6.53. The van der Waals surface area contributed by atoms with E-state index in [2.05, 4.69) is 4.98 Å². The molecule has 0 amide bonds. The van der Waals surface area contributed by atoms with Gasteiger partial charge in [-0.05, 0) is 12.1 Å². The summed E-state index contributed by atoms with van der Waals surface area (Å²) in [6.45, 7) is 0.374. The Bertz CT molecular complexity index is 489. The number of anilines is 1. The van der Waals surface area contributed by atoms with Crippen molar-refractivity contribution in [3.63, 3.8) is 0 Å². The second kappa shape index (κ2) is 3.72. The van der Waals surface area contributed by atoms with Gasteiger partial charge in [0.15, 0.2) is 5.15 Å². The lowest BCUT2D eigenvalue weighted by Crippen LogP contribution is -2.15. The van der Waals surface area contributed by atoms with Crippen LogP contribution in [0.3, 0.4) is 0 Å². The van der Waals surface area contributed by atoms with Crippen LogP contribution in [0.1, 0.15) is 5.82 Å². The number of hydrogen-bond acceptors (Lipinski definition) is 3. The highest BCUT2D eigenvalue weighted by Gasteiger charge is 2.11. The predicted octanol–water partition coefficient (Wildman–Crippen LogP) is 1.51. The molecule has 0 radical (unpaired) electrons. The number of halogens is 1. The van der Waals surface area contributed by atoms with Crippen LogP contribution in [0.2, 0.25) is 5.15 Å². The first-order chi connectivity index (χ1) is 7.15. The monoisotopic (exact) mass is 224 g/mol. The van der Waals surface area contributed by atoms with Crippen molar-refractivity contribution in [2.75, 3.05) is 19.0 Å². The molecule has 80 valence electrons. The number of imidazole rings is 1. The quantitative estimate of drug-likeness (QED) is 0.841. The van der Waals surface area contributed by atoms with E-state index in [1.54, 1.807) is 0 Å². The lowest BCUT2D eigenvalue weighted by atomic mass is 10.4. The van der Waals surface area contributed by atoms with Gasteiger partial charge in [0.05, 0.1) is 12.1 Å². The minimum Gasteiger partial charge on any atom is -0.364 e. The van der Waals surface area contributed by atoms with Crippen LogP contribution in [-0.4, -0.2) is 23.5 Å². The Morgan fingerprint density at radius 1 is 1.47 bits per heavy atom. The molecule has 2 rings (SSSR count). The Kier molecular flexibility index (Phi) is 2.54. The Balaban J connectivity index is 2.82. The van der Waals surface area contributed by atoms with Gasteiger partial charge in [0.25, 0.3) is 0 Å². The molecule has 0 fully saturated rings. The van der Waals surface area contributed by atoms with E-state index in [9.17, 15) is 0 Å². The average molecular weight is 225 g/mol. The van der Waals surface area contributed by atoms with Crippen LogP contribution in [0, 0.1) is 0 Å². The molecule has 0 aromatic carbocycles. The maximum absolute atomic E-state index is 6.03. The average Bonchev–Trinajstić information content (AvgIpc) is 2.55. The fraction of sp³-hybridized carbons (Fsp3) is 0.300. The van der Waals surface area contributed by atoms with E-state index < -0.39 is 0 Å². The maximum atomic E-state index is 6.03. The van der Waals surface area contributed by atoms with E-state index in [-0.39, 0.29) is 0 Å². The van der Waals surface area contributed by atoms with Gasteiger partial charge in [-0.15, -0.1) is 0 Å². The maximum Gasteiger partial charge on any atom is 0.155 e. The number of nitrogens with zero attached hydrogens (tertiary/aromatic N) is 3. The van der Waals surface area contributed by atoms with Gasteiger partial charge in [0.1, 0.15) is 11.6 Å². The Hall–Kier alpha value is -1.26. The van der Waals surface area contributed by atoms with Crippen molar-refractivity contribution in [3.8, 4) is 0 Å². The second-order valence-corrected chi connectivity index (χ2v) is 3.88. The summed E-state index contributed by atoms with van der Waals surface area (Å²) in [5, 5.41) is 0.499. The van der Waals surface area contributed by atoms with Crippen molar-refractivity contribution in [1.29, 1.82) is 0 Å². The predicted molar refractivity (Wildman–Crippen MR) is 62.4 cm³/mol. The Labute approximate surface area is 93.3 Å². The SMILES string of the molecule is CN(C)c1cccc2c(Cl)nc(CN)n12. The Morgan fingerprint density at radius 2 is 2.20 bits per heavy atom. The zero-order chi connectivity index (χ0) is 11.0. The van der Waals surface area contributed by atoms with Gasteiger partial charge in [-0.3, -0.25) is 4.40 Å². The Morgan fingerprint density at radius 3 is 2.80 bits per heavy atom. The molecule has 2 aromatic heterocycles. The van der Waals surface area contributed by atoms with Crippen LogP contribution in [0.15, 0.2) is 18.2 Å². The number of fused-ring (bicyclic) bond motifs is 1. The van der Waals surface area contributed by atoms with Crippen LogP contribution in [-0.2, 0) is 6.54 Å². The highest BCUT2D eigenvalue weighted by Crippen LogP contribution is 2.23. The summed E-state index contributed by atoms with van der Waals surface area (Å²) in [6, 6.07) is 5.89. The van der Waals surface area contributed by atoms with Gasteiger partial charge < -0.3 is 10.6 Å². The molecule has 0 aliphatic rings. The highest BCUT2D eigenvalue weighted by atomic mass is 35.5. The topological polar surface area (TPSA) is 46.6 Å². The normalized spacial score (nSPS) is 10.9. The van der Waals surface area contributed by atoms with E-state index in [1.807, 2.05) is 41.6 Å². The van der Waals surface area contributed by atoms with Gasteiger partial charge in [0.2, 0.25) is 0 Å². The van der Waals surface area contributed by atoms with Crippen molar-refractivity contribution in [2.24, 2.45) is 5.73 Å². The highest BCUT2D eigenvalue weighted by molar-refractivity contribution is 6.32. The zero-order valence-corrected chi connectivity index (χ0v) is 9.49. The van der Waals surface area contributed by atoms with Crippen molar-refractivity contribution in [3.05, 3.63) is 29.2 Å². The fourth-order valence-electron chi connectivity index (χ4n) is 1.64. The van der Waals surface area contributed by atoms with Gasteiger partial charge in [-0.2, -0.15) is 0 Å². The van der Waals surface area contributed by atoms with Crippen LogP contribution >= 0.6 is 11.6 Å². The minimum absolute atomic E-state index is 0.374. The lowest BCUT2D eigenvalue weighted by molar-refractivity contribution is 0.885.